The van der Waals surface area contributed by atoms with Crippen LogP contribution in [0.5, 0.6) is 0 Å². The van der Waals surface area contributed by atoms with Crippen molar-refractivity contribution in [1.29, 1.82) is 0 Å². The number of rotatable bonds is 0. The Hall–Kier alpha value is -1.78. The highest BCUT2D eigenvalue weighted by Crippen LogP contribution is 2.11. The van der Waals surface area contributed by atoms with E-state index in [-0.39, 0.29) is 11.1 Å². The minimum absolute atomic E-state index is 0.0833. The van der Waals surface area contributed by atoms with Crippen molar-refractivity contribution in [3.05, 3.63) is 28.2 Å². The zero-order valence-corrected chi connectivity index (χ0v) is 10.3. The summed E-state index contributed by atoms with van der Waals surface area (Å²) in [5, 5.41) is 13.0. The van der Waals surface area contributed by atoms with Gasteiger partial charge in [-0.05, 0) is 6.92 Å². The molecular weight excluding hydrogens is 208 g/mol. The van der Waals surface area contributed by atoms with Crippen molar-refractivity contribution >= 4 is 11.1 Å². The number of hydrogen-bond acceptors (Lipinski definition) is 4. The van der Waals surface area contributed by atoms with E-state index in [1.54, 1.807) is 6.92 Å². The fourth-order valence-electron chi connectivity index (χ4n) is 1.09. The van der Waals surface area contributed by atoms with Crippen molar-refractivity contribution in [3.63, 3.8) is 0 Å². The van der Waals surface area contributed by atoms with Crippen LogP contribution in [-0.2, 0) is 0 Å². The van der Waals surface area contributed by atoms with E-state index in [0.29, 0.717) is 11.1 Å². The summed E-state index contributed by atoms with van der Waals surface area (Å²) < 4.78 is 5.46. The van der Waals surface area contributed by atoms with Crippen LogP contribution in [0.25, 0.3) is 11.1 Å². The van der Waals surface area contributed by atoms with Gasteiger partial charge in [-0.15, -0.1) is 0 Å². The van der Waals surface area contributed by atoms with Crippen LogP contribution in [0.2, 0.25) is 0 Å². The molecule has 0 aliphatic heterocycles. The zero-order valence-electron chi connectivity index (χ0n) is 10.3. The predicted octanol–water partition coefficient (Wildman–Crippen LogP) is 2.59. The van der Waals surface area contributed by atoms with Crippen LogP contribution in [0, 0.1) is 6.92 Å². The Labute approximate surface area is 94.3 Å². The van der Waals surface area contributed by atoms with Gasteiger partial charge in [-0.3, -0.25) is 4.79 Å². The smallest absolute Gasteiger partial charge is 0.275 e. The Morgan fingerprint density at radius 3 is 2.38 bits per heavy atom. The molecule has 0 atom stereocenters. The molecule has 2 aromatic rings. The number of pyridine rings is 1. The lowest BCUT2D eigenvalue weighted by molar-refractivity contribution is 0.181. The zero-order chi connectivity index (χ0) is 12.7. The topological polar surface area (TPSA) is 68.3 Å². The van der Waals surface area contributed by atoms with E-state index >= 15 is 0 Å². The fraction of sp³-hybridized carbons (Fsp3) is 0.455. The van der Waals surface area contributed by atoms with Crippen LogP contribution in [-0.4, -0.2) is 15.1 Å². The van der Waals surface area contributed by atoms with Gasteiger partial charge in [-0.2, -0.15) is 4.73 Å². The van der Waals surface area contributed by atoms with Crippen LogP contribution in [0.3, 0.4) is 0 Å². The summed E-state index contributed by atoms with van der Waals surface area (Å²) in [5.74, 6) is 0. The number of nitrogens with zero attached hydrogens (tertiary/aromatic N) is 2. The first-order valence-electron chi connectivity index (χ1n) is 5.37. The van der Waals surface area contributed by atoms with Gasteiger partial charge in [-0.1, -0.05) is 32.9 Å². The monoisotopic (exact) mass is 226 g/mol. The Bertz CT molecular complexity index is 485. The minimum Gasteiger partial charge on any atom is -0.425 e. The molecule has 0 fully saturated rings. The van der Waals surface area contributed by atoms with Gasteiger partial charge in [0.1, 0.15) is 5.39 Å². The van der Waals surface area contributed by atoms with Gasteiger partial charge in [0.05, 0.1) is 11.9 Å². The number of fused-ring (bicyclic) bond motifs is 1. The van der Waals surface area contributed by atoms with E-state index in [1.165, 1.54) is 12.3 Å². The van der Waals surface area contributed by atoms with Crippen molar-refractivity contribution in [2.75, 3.05) is 0 Å². The molecule has 16 heavy (non-hydrogen) atoms. The van der Waals surface area contributed by atoms with Gasteiger partial charge in [0.15, 0.2) is 5.43 Å². The first kappa shape index (κ1) is 14.2. The van der Waals surface area contributed by atoms with Crippen molar-refractivity contribution in [3.8, 4) is 0 Å². The lowest BCUT2D eigenvalue weighted by atomic mass is 10.3. The van der Waals surface area contributed by atoms with Gasteiger partial charge >= 0.3 is 0 Å². The summed E-state index contributed by atoms with van der Waals surface area (Å²) >= 11 is 0. The SMILES string of the molecule is CC.CC.Cc1noc2c1c(=O)ccn2O. The molecule has 2 rings (SSSR count). The molecule has 0 unspecified atom stereocenters. The molecular formula is C11H18N2O3. The van der Waals surface area contributed by atoms with Gasteiger partial charge in [0.2, 0.25) is 0 Å². The maximum atomic E-state index is 11.2. The summed E-state index contributed by atoms with van der Waals surface area (Å²) in [7, 11) is 0. The molecule has 2 aromatic heterocycles. The second-order valence-electron chi connectivity index (χ2n) is 2.47. The van der Waals surface area contributed by atoms with Gasteiger partial charge < -0.3 is 9.73 Å². The van der Waals surface area contributed by atoms with E-state index in [1.807, 2.05) is 27.7 Å². The molecule has 0 radical (unpaired) electrons. The van der Waals surface area contributed by atoms with E-state index < -0.39 is 0 Å². The molecule has 0 aliphatic carbocycles. The molecule has 5 nitrogen and oxygen atoms in total. The average Bonchev–Trinajstić information content (AvgIpc) is 2.73. The molecule has 2 heterocycles. The molecule has 0 aromatic carbocycles. The van der Waals surface area contributed by atoms with Crippen LogP contribution in [0.15, 0.2) is 21.6 Å². The molecule has 0 aliphatic rings. The number of aryl methyl sites for hydroxylation is 1. The first-order valence-corrected chi connectivity index (χ1v) is 5.37. The third kappa shape index (κ3) is 2.62. The summed E-state index contributed by atoms with van der Waals surface area (Å²) in [6.07, 6.45) is 1.22. The minimum atomic E-state index is -0.200. The van der Waals surface area contributed by atoms with E-state index in [4.69, 9.17) is 9.73 Å². The summed E-state index contributed by atoms with van der Waals surface area (Å²) in [4.78, 5) is 11.2. The highest BCUT2D eigenvalue weighted by molar-refractivity contribution is 5.75. The van der Waals surface area contributed by atoms with E-state index in [2.05, 4.69) is 5.16 Å². The van der Waals surface area contributed by atoms with Crippen LogP contribution in [0.4, 0.5) is 0 Å². The highest BCUT2D eigenvalue weighted by Gasteiger charge is 2.10. The van der Waals surface area contributed by atoms with Crippen LogP contribution < -0.4 is 5.43 Å². The van der Waals surface area contributed by atoms with E-state index in [9.17, 15) is 4.79 Å². The predicted molar refractivity (Wildman–Crippen MR) is 62.9 cm³/mol. The van der Waals surface area contributed by atoms with Crippen molar-refractivity contribution in [2.24, 2.45) is 0 Å². The Balaban J connectivity index is 0.000000509. The third-order valence-electron chi connectivity index (χ3n) is 1.67. The standard InChI is InChI=1S/C7H6N2O3.2C2H6/c1-4-6-5(10)2-3-9(11)7(6)12-8-4;2*1-2/h2-3,11H,1H3;2*1-2H3. The summed E-state index contributed by atoms with van der Waals surface area (Å²) in [5.41, 5.74) is 0.368. The fourth-order valence-corrected chi connectivity index (χ4v) is 1.09. The Morgan fingerprint density at radius 2 is 1.88 bits per heavy atom. The molecule has 1 N–H and O–H groups in total. The molecule has 0 saturated heterocycles. The van der Waals surface area contributed by atoms with Gasteiger partial charge in [-0.25, -0.2) is 0 Å². The summed E-state index contributed by atoms with van der Waals surface area (Å²) in [6.45, 7) is 9.65. The largest absolute Gasteiger partial charge is 0.425 e. The van der Waals surface area contributed by atoms with Gasteiger partial charge in [0, 0.05) is 6.07 Å². The Morgan fingerprint density at radius 1 is 1.31 bits per heavy atom. The molecule has 0 bridgehead atoms. The maximum Gasteiger partial charge on any atom is 0.275 e. The molecule has 0 amide bonds. The normalized spacial score (nSPS) is 8.81. The highest BCUT2D eigenvalue weighted by atomic mass is 16.5. The van der Waals surface area contributed by atoms with Crippen molar-refractivity contribution in [1.82, 2.24) is 9.89 Å². The lowest BCUT2D eigenvalue weighted by Crippen LogP contribution is -2.04. The second kappa shape index (κ2) is 6.66. The molecule has 0 saturated carbocycles. The Kier molecular flexibility index (Phi) is 5.92. The molecule has 0 spiro atoms. The van der Waals surface area contributed by atoms with Crippen molar-refractivity contribution < 1.29 is 9.73 Å². The summed E-state index contributed by atoms with van der Waals surface area (Å²) in [6, 6.07) is 1.26. The first-order chi connectivity index (χ1) is 7.70. The van der Waals surface area contributed by atoms with Crippen LogP contribution >= 0.6 is 0 Å². The molecule has 5 heteroatoms. The number of hydrogen-bond donors (Lipinski definition) is 1. The average molecular weight is 226 g/mol. The van der Waals surface area contributed by atoms with Crippen LogP contribution in [0.1, 0.15) is 33.4 Å². The van der Waals surface area contributed by atoms with E-state index in [0.717, 1.165) is 4.73 Å². The quantitative estimate of drug-likeness (QED) is 0.701. The number of aromatic nitrogens is 2. The van der Waals surface area contributed by atoms with Crippen molar-refractivity contribution in [2.45, 2.75) is 34.6 Å². The van der Waals surface area contributed by atoms with Gasteiger partial charge in [0.25, 0.3) is 5.71 Å². The third-order valence-corrected chi connectivity index (χ3v) is 1.67. The maximum absolute atomic E-state index is 11.2. The molecule has 90 valence electrons. The lowest BCUT2D eigenvalue weighted by Gasteiger charge is -1.93. The second-order valence-corrected chi connectivity index (χ2v) is 2.47.